The molecule has 0 spiro atoms. The van der Waals surface area contributed by atoms with Gasteiger partial charge in [-0.15, -0.1) is 10.2 Å². The summed E-state index contributed by atoms with van der Waals surface area (Å²) in [5, 5.41) is 8.31. The Bertz CT molecular complexity index is 1390. The summed E-state index contributed by atoms with van der Waals surface area (Å²) in [5.74, 6) is -1.44. The van der Waals surface area contributed by atoms with Crippen molar-refractivity contribution >= 4 is 23.2 Å². The third-order valence-corrected chi connectivity index (χ3v) is 5.63. The molecule has 0 radical (unpaired) electrons. The van der Waals surface area contributed by atoms with Crippen molar-refractivity contribution in [3.63, 3.8) is 0 Å². The normalized spacial score (nSPS) is 11.6. The van der Waals surface area contributed by atoms with Crippen molar-refractivity contribution in [1.29, 1.82) is 0 Å². The Balaban J connectivity index is 1.72. The molecule has 11 heteroatoms. The second kappa shape index (κ2) is 8.94. The maximum atomic E-state index is 14.0. The smallest absolute Gasteiger partial charge is 0.317 e. The number of esters is 1. The minimum absolute atomic E-state index is 0.00261. The number of halogens is 3. The Labute approximate surface area is 198 Å². The van der Waals surface area contributed by atoms with E-state index in [2.05, 4.69) is 20.2 Å². The van der Waals surface area contributed by atoms with Gasteiger partial charge in [-0.1, -0.05) is 17.7 Å². The van der Waals surface area contributed by atoms with Crippen LogP contribution in [0, 0.1) is 18.6 Å². The van der Waals surface area contributed by atoms with Gasteiger partial charge in [0, 0.05) is 6.20 Å². The molecule has 176 valence electrons. The fraction of sp³-hybridized carbons (Fsp3) is 0.261. The van der Waals surface area contributed by atoms with Crippen LogP contribution in [0.2, 0.25) is 5.15 Å². The molecule has 0 atom stereocenters. The number of rotatable bonds is 6. The summed E-state index contributed by atoms with van der Waals surface area (Å²) in [7, 11) is 1.27. The van der Waals surface area contributed by atoms with E-state index in [0.29, 0.717) is 22.8 Å². The fourth-order valence-electron chi connectivity index (χ4n) is 3.50. The molecule has 0 aliphatic heterocycles. The largest absolute Gasteiger partial charge is 0.485 e. The average molecular weight is 488 g/mol. The molecule has 0 bridgehead atoms. The maximum absolute atomic E-state index is 14.0. The van der Waals surface area contributed by atoms with Gasteiger partial charge in [0.15, 0.2) is 16.5 Å². The summed E-state index contributed by atoms with van der Waals surface area (Å²) >= 11 is 6.37. The van der Waals surface area contributed by atoms with E-state index in [1.54, 1.807) is 43.5 Å². The van der Waals surface area contributed by atoms with Crippen LogP contribution in [0.5, 0.6) is 5.75 Å². The van der Waals surface area contributed by atoms with Gasteiger partial charge < -0.3 is 9.47 Å². The summed E-state index contributed by atoms with van der Waals surface area (Å²) in [6.07, 6.45) is 1.71. The molecule has 4 aromatic rings. The number of carbonyl (C=O) groups is 1. The van der Waals surface area contributed by atoms with Gasteiger partial charge in [-0.2, -0.15) is 0 Å². The topological polar surface area (TPSA) is 91.5 Å². The number of ether oxygens (including phenoxy) is 2. The Morgan fingerprint density at radius 2 is 1.82 bits per heavy atom. The number of hydrogen-bond acceptors (Lipinski definition) is 7. The van der Waals surface area contributed by atoms with Crippen LogP contribution in [-0.4, -0.2) is 37.6 Å². The zero-order chi connectivity index (χ0) is 24.6. The molecule has 0 saturated heterocycles. The van der Waals surface area contributed by atoms with E-state index >= 15 is 0 Å². The number of imidazole rings is 1. The van der Waals surface area contributed by atoms with Crippen LogP contribution in [0.4, 0.5) is 8.78 Å². The van der Waals surface area contributed by atoms with Gasteiger partial charge in [-0.25, -0.2) is 18.7 Å². The fourth-order valence-corrected chi connectivity index (χ4v) is 3.85. The number of aryl methyl sites for hydroxylation is 1. The van der Waals surface area contributed by atoms with E-state index in [9.17, 15) is 13.6 Å². The maximum Gasteiger partial charge on any atom is 0.317 e. The van der Waals surface area contributed by atoms with Crippen molar-refractivity contribution in [1.82, 2.24) is 24.6 Å². The molecule has 34 heavy (non-hydrogen) atoms. The lowest BCUT2D eigenvalue weighted by Crippen LogP contribution is -2.32. The van der Waals surface area contributed by atoms with Gasteiger partial charge in [0.1, 0.15) is 35.0 Å². The van der Waals surface area contributed by atoms with E-state index in [0.717, 1.165) is 0 Å². The highest BCUT2D eigenvalue weighted by Crippen LogP contribution is 2.31. The molecule has 3 heterocycles. The summed E-state index contributed by atoms with van der Waals surface area (Å²) in [5.41, 5.74) is 0.274. The van der Waals surface area contributed by atoms with Crippen molar-refractivity contribution in [2.75, 3.05) is 7.11 Å². The van der Waals surface area contributed by atoms with Crippen LogP contribution in [0.25, 0.3) is 17.2 Å². The summed E-state index contributed by atoms with van der Waals surface area (Å²) in [6.45, 7) is 4.64. The second-order valence-corrected chi connectivity index (χ2v) is 8.35. The predicted molar refractivity (Wildman–Crippen MR) is 119 cm³/mol. The van der Waals surface area contributed by atoms with Crippen LogP contribution in [0.1, 0.15) is 30.8 Å². The zero-order valence-corrected chi connectivity index (χ0v) is 19.5. The number of hydrogen-bond donors (Lipinski definition) is 0. The minimum atomic E-state index is -1.15. The van der Waals surface area contributed by atoms with Crippen molar-refractivity contribution < 1.29 is 23.0 Å². The Kier molecular flexibility index (Phi) is 6.18. The molecule has 8 nitrogen and oxygen atoms in total. The number of methoxy groups -OCH3 is 1. The Hall–Kier alpha value is -3.66. The molecule has 0 amide bonds. The van der Waals surface area contributed by atoms with E-state index in [1.807, 2.05) is 0 Å². The van der Waals surface area contributed by atoms with Crippen molar-refractivity contribution in [2.24, 2.45) is 0 Å². The predicted octanol–water partition coefficient (Wildman–Crippen LogP) is 4.46. The lowest BCUT2D eigenvalue weighted by atomic mass is 9.90. The van der Waals surface area contributed by atoms with Gasteiger partial charge in [-0.05, 0) is 45.0 Å². The van der Waals surface area contributed by atoms with Crippen LogP contribution in [0.15, 0.2) is 36.5 Å². The van der Waals surface area contributed by atoms with E-state index in [1.165, 1.54) is 25.3 Å². The monoisotopic (exact) mass is 487 g/mol. The first kappa shape index (κ1) is 23.5. The third kappa shape index (κ3) is 4.05. The third-order valence-electron chi connectivity index (χ3n) is 5.37. The average Bonchev–Trinajstić information content (AvgIpc) is 3.14. The summed E-state index contributed by atoms with van der Waals surface area (Å²) in [6, 6.07) is 6.95. The minimum Gasteiger partial charge on any atom is -0.485 e. The number of carbonyl (C=O) groups excluding carboxylic acids is 1. The number of pyridine rings is 1. The Morgan fingerprint density at radius 3 is 2.47 bits per heavy atom. The molecular weight excluding hydrogens is 468 g/mol. The molecular formula is C23H20ClF2N5O3. The highest BCUT2D eigenvalue weighted by atomic mass is 35.5. The molecule has 0 aliphatic carbocycles. The second-order valence-electron chi connectivity index (χ2n) is 7.99. The number of fused-ring (bicyclic) bond motifs is 1. The molecule has 0 aliphatic rings. The van der Waals surface area contributed by atoms with Gasteiger partial charge in [0.25, 0.3) is 0 Å². The van der Waals surface area contributed by atoms with Crippen LogP contribution < -0.4 is 4.74 Å². The first-order valence-electron chi connectivity index (χ1n) is 10.2. The first-order valence-corrected chi connectivity index (χ1v) is 10.6. The van der Waals surface area contributed by atoms with Gasteiger partial charge in [-0.3, -0.25) is 9.20 Å². The first-order chi connectivity index (χ1) is 16.1. The molecule has 3 aromatic heterocycles. The quantitative estimate of drug-likeness (QED) is 0.371. The number of benzene rings is 1. The number of aromatic nitrogens is 5. The molecule has 4 rings (SSSR count). The molecule has 0 N–H and O–H groups in total. The summed E-state index contributed by atoms with van der Waals surface area (Å²) in [4.78, 5) is 21.0. The van der Waals surface area contributed by atoms with Gasteiger partial charge >= 0.3 is 5.97 Å². The SMILES string of the molecule is COC(=O)C(C)(C)c1nnc(-c2c(C)nc3c(OCc4c(F)cccc4F)cccn23)nc1Cl. The van der Waals surface area contributed by atoms with E-state index in [-0.39, 0.29) is 28.8 Å². The van der Waals surface area contributed by atoms with Gasteiger partial charge in [0.2, 0.25) is 5.82 Å². The standard InChI is InChI=1S/C23H20ClF2N5O3/c1-12-17(20-28-19(24)18(29-30-20)23(2,3)22(32)33-4)31-10-6-9-16(21(31)27-12)34-11-13-14(25)7-5-8-15(13)26/h5-10H,11H2,1-4H3. The molecule has 0 unspecified atom stereocenters. The highest BCUT2D eigenvalue weighted by molar-refractivity contribution is 6.30. The van der Waals surface area contributed by atoms with Crippen LogP contribution >= 0.6 is 11.6 Å². The Morgan fingerprint density at radius 1 is 1.12 bits per heavy atom. The molecule has 1 aromatic carbocycles. The van der Waals surface area contributed by atoms with E-state index < -0.39 is 23.0 Å². The highest BCUT2D eigenvalue weighted by Gasteiger charge is 2.36. The van der Waals surface area contributed by atoms with Crippen molar-refractivity contribution in [3.8, 4) is 17.3 Å². The van der Waals surface area contributed by atoms with Crippen molar-refractivity contribution in [2.45, 2.75) is 32.8 Å². The zero-order valence-electron chi connectivity index (χ0n) is 18.8. The lowest BCUT2D eigenvalue weighted by Gasteiger charge is -2.20. The summed E-state index contributed by atoms with van der Waals surface area (Å²) < 4.78 is 40.1. The van der Waals surface area contributed by atoms with Crippen molar-refractivity contribution in [3.05, 3.63) is 70.3 Å². The van der Waals surface area contributed by atoms with E-state index in [4.69, 9.17) is 21.1 Å². The van der Waals surface area contributed by atoms with Crippen LogP contribution in [-0.2, 0) is 21.6 Å². The van der Waals surface area contributed by atoms with Crippen LogP contribution in [0.3, 0.4) is 0 Å². The van der Waals surface area contributed by atoms with Gasteiger partial charge in [0.05, 0.1) is 18.4 Å². The molecule has 0 fully saturated rings. The molecule has 0 saturated carbocycles. The number of nitrogens with zero attached hydrogens (tertiary/aromatic N) is 5. The lowest BCUT2D eigenvalue weighted by molar-refractivity contribution is -0.146.